The molecule has 0 bridgehead atoms. The summed E-state index contributed by atoms with van der Waals surface area (Å²) in [7, 11) is 2.11. The number of hydrogen-bond acceptors (Lipinski definition) is 5. The van der Waals surface area contributed by atoms with Gasteiger partial charge in [0.1, 0.15) is 0 Å². The van der Waals surface area contributed by atoms with E-state index in [1.54, 1.807) is 6.07 Å². The summed E-state index contributed by atoms with van der Waals surface area (Å²) >= 11 is 1.52. The van der Waals surface area contributed by atoms with E-state index in [9.17, 15) is 4.79 Å². The fourth-order valence-electron chi connectivity index (χ4n) is 3.56. The summed E-state index contributed by atoms with van der Waals surface area (Å²) < 4.78 is 1.44. The average molecular weight is 334 g/mol. The number of rotatable bonds is 5. The zero-order valence-electron chi connectivity index (χ0n) is 14.3. The van der Waals surface area contributed by atoms with Crippen LogP contribution in [0.4, 0.5) is 5.13 Å². The summed E-state index contributed by atoms with van der Waals surface area (Å²) in [5.74, 6) is 0.899. The number of aromatic nitrogens is 3. The van der Waals surface area contributed by atoms with Gasteiger partial charge in [-0.25, -0.2) is 4.98 Å². The molecule has 0 saturated heterocycles. The number of aryl methyl sites for hydroxylation is 1. The maximum atomic E-state index is 12.1. The van der Waals surface area contributed by atoms with Gasteiger partial charge in [0.15, 0.2) is 0 Å². The molecule has 0 aromatic carbocycles. The molecule has 1 aliphatic rings. The molecule has 0 spiro atoms. The van der Waals surface area contributed by atoms with Crippen LogP contribution in [-0.4, -0.2) is 27.7 Å². The zero-order valence-corrected chi connectivity index (χ0v) is 15.1. The van der Waals surface area contributed by atoms with Crippen molar-refractivity contribution >= 4 is 21.4 Å². The molecule has 2 heterocycles. The van der Waals surface area contributed by atoms with Gasteiger partial charge in [-0.2, -0.15) is 4.52 Å². The third-order valence-corrected chi connectivity index (χ3v) is 6.01. The SMILES string of the molecule is CCCC1CCC(N(C)c2nn3c(=O)cc(CC)nc3s2)CC1. The fourth-order valence-corrected chi connectivity index (χ4v) is 4.51. The number of hydrogen-bond donors (Lipinski definition) is 0. The second kappa shape index (κ2) is 6.99. The normalized spacial score (nSPS) is 21.7. The van der Waals surface area contributed by atoms with Gasteiger partial charge >= 0.3 is 0 Å². The Kier molecular flexibility index (Phi) is 4.99. The lowest BCUT2D eigenvalue weighted by molar-refractivity contribution is 0.303. The molecule has 126 valence electrons. The van der Waals surface area contributed by atoms with Gasteiger partial charge in [0.2, 0.25) is 10.1 Å². The van der Waals surface area contributed by atoms with Crippen molar-refractivity contribution in [3.05, 3.63) is 22.1 Å². The van der Waals surface area contributed by atoms with Crippen LogP contribution in [0.2, 0.25) is 0 Å². The molecule has 0 amide bonds. The van der Waals surface area contributed by atoms with Crippen molar-refractivity contribution in [2.24, 2.45) is 5.92 Å². The molecule has 0 N–H and O–H groups in total. The summed E-state index contributed by atoms with van der Waals surface area (Å²) in [6.07, 6.45) is 8.49. The lowest BCUT2D eigenvalue weighted by Crippen LogP contribution is -2.35. The molecule has 0 radical (unpaired) electrons. The molecule has 0 unspecified atom stereocenters. The molecule has 1 saturated carbocycles. The number of fused-ring (bicyclic) bond motifs is 1. The largest absolute Gasteiger partial charge is 0.347 e. The van der Waals surface area contributed by atoms with Crippen molar-refractivity contribution in [3.63, 3.8) is 0 Å². The Morgan fingerprint density at radius 2 is 2.04 bits per heavy atom. The van der Waals surface area contributed by atoms with E-state index in [-0.39, 0.29) is 5.56 Å². The average Bonchev–Trinajstić information content (AvgIpc) is 3.00. The molecular weight excluding hydrogens is 308 g/mol. The van der Waals surface area contributed by atoms with E-state index in [4.69, 9.17) is 0 Å². The Morgan fingerprint density at radius 1 is 1.30 bits per heavy atom. The van der Waals surface area contributed by atoms with Gasteiger partial charge in [-0.1, -0.05) is 38.0 Å². The Labute approximate surface area is 141 Å². The van der Waals surface area contributed by atoms with Crippen molar-refractivity contribution in [2.75, 3.05) is 11.9 Å². The van der Waals surface area contributed by atoms with Crippen LogP contribution in [0.5, 0.6) is 0 Å². The first-order valence-corrected chi connectivity index (χ1v) is 9.56. The molecule has 5 nitrogen and oxygen atoms in total. The van der Waals surface area contributed by atoms with Crippen molar-refractivity contribution in [1.29, 1.82) is 0 Å². The predicted octanol–water partition coefficient (Wildman–Crippen LogP) is 3.51. The molecule has 0 atom stereocenters. The van der Waals surface area contributed by atoms with Gasteiger partial charge in [-0.3, -0.25) is 4.79 Å². The Morgan fingerprint density at radius 3 is 2.70 bits per heavy atom. The molecule has 6 heteroatoms. The van der Waals surface area contributed by atoms with Crippen molar-refractivity contribution in [1.82, 2.24) is 14.6 Å². The summed E-state index contributed by atoms with van der Waals surface area (Å²) in [4.78, 5) is 19.6. The second-order valence-electron chi connectivity index (χ2n) is 6.59. The molecular formula is C17H26N4OS. The van der Waals surface area contributed by atoms with Crippen LogP contribution in [0.1, 0.15) is 58.1 Å². The third kappa shape index (κ3) is 3.42. The lowest BCUT2D eigenvalue weighted by Gasteiger charge is -2.34. The monoisotopic (exact) mass is 334 g/mol. The minimum Gasteiger partial charge on any atom is -0.347 e. The molecule has 3 rings (SSSR count). The minimum absolute atomic E-state index is 0.0746. The van der Waals surface area contributed by atoms with Gasteiger partial charge in [-0.05, 0) is 38.0 Å². The summed E-state index contributed by atoms with van der Waals surface area (Å²) in [6.45, 7) is 4.29. The summed E-state index contributed by atoms with van der Waals surface area (Å²) in [5.41, 5.74) is 0.766. The first-order chi connectivity index (χ1) is 11.1. The van der Waals surface area contributed by atoms with Crippen LogP contribution in [0.25, 0.3) is 4.96 Å². The van der Waals surface area contributed by atoms with E-state index in [1.165, 1.54) is 54.4 Å². The van der Waals surface area contributed by atoms with Crippen LogP contribution in [0.15, 0.2) is 10.9 Å². The molecule has 1 aliphatic carbocycles. The molecule has 0 aliphatic heterocycles. The number of anilines is 1. The minimum atomic E-state index is -0.0746. The predicted molar refractivity (Wildman–Crippen MR) is 95.6 cm³/mol. The van der Waals surface area contributed by atoms with Crippen molar-refractivity contribution in [3.8, 4) is 0 Å². The fraction of sp³-hybridized carbons (Fsp3) is 0.706. The van der Waals surface area contributed by atoms with Crippen LogP contribution in [-0.2, 0) is 6.42 Å². The lowest BCUT2D eigenvalue weighted by atomic mass is 9.83. The van der Waals surface area contributed by atoms with E-state index in [2.05, 4.69) is 29.0 Å². The first kappa shape index (κ1) is 16.4. The Bertz CT molecular complexity index is 715. The highest BCUT2D eigenvalue weighted by atomic mass is 32.1. The van der Waals surface area contributed by atoms with E-state index in [0.717, 1.165) is 23.2 Å². The van der Waals surface area contributed by atoms with Gasteiger partial charge < -0.3 is 4.90 Å². The van der Waals surface area contributed by atoms with E-state index in [1.807, 2.05) is 6.92 Å². The van der Waals surface area contributed by atoms with E-state index >= 15 is 0 Å². The van der Waals surface area contributed by atoms with Crippen LogP contribution in [0.3, 0.4) is 0 Å². The first-order valence-electron chi connectivity index (χ1n) is 8.75. The highest BCUT2D eigenvalue weighted by molar-refractivity contribution is 7.20. The summed E-state index contributed by atoms with van der Waals surface area (Å²) in [6, 6.07) is 2.12. The smallest absolute Gasteiger partial charge is 0.275 e. The molecule has 23 heavy (non-hydrogen) atoms. The Hall–Kier alpha value is -1.43. The van der Waals surface area contributed by atoms with Crippen molar-refractivity contribution < 1.29 is 0 Å². The maximum absolute atomic E-state index is 12.1. The third-order valence-electron chi connectivity index (χ3n) is 5.01. The van der Waals surface area contributed by atoms with Crippen LogP contribution < -0.4 is 10.5 Å². The van der Waals surface area contributed by atoms with E-state index in [0.29, 0.717) is 11.0 Å². The molecule has 2 aromatic heterocycles. The van der Waals surface area contributed by atoms with Gasteiger partial charge in [-0.15, -0.1) is 5.10 Å². The van der Waals surface area contributed by atoms with Gasteiger partial charge in [0.05, 0.1) is 0 Å². The zero-order chi connectivity index (χ0) is 16.4. The second-order valence-corrected chi connectivity index (χ2v) is 7.53. The van der Waals surface area contributed by atoms with E-state index < -0.39 is 0 Å². The quantitative estimate of drug-likeness (QED) is 0.839. The highest BCUT2D eigenvalue weighted by Crippen LogP contribution is 2.33. The van der Waals surface area contributed by atoms with Gasteiger partial charge in [0, 0.05) is 24.8 Å². The molecule has 2 aromatic rings. The Balaban J connectivity index is 1.78. The maximum Gasteiger partial charge on any atom is 0.275 e. The molecule has 1 fully saturated rings. The highest BCUT2D eigenvalue weighted by Gasteiger charge is 2.25. The number of nitrogens with zero attached hydrogens (tertiary/aromatic N) is 4. The standard InChI is InChI=1S/C17H26N4OS/c1-4-6-12-7-9-14(10-8-12)20(3)17-19-21-15(22)11-13(5-2)18-16(21)23-17/h11-12,14H,4-10H2,1-3H3. The van der Waals surface area contributed by atoms with Crippen LogP contribution >= 0.6 is 11.3 Å². The van der Waals surface area contributed by atoms with Crippen molar-refractivity contribution in [2.45, 2.75) is 64.8 Å². The topological polar surface area (TPSA) is 50.5 Å². The van der Waals surface area contributed by atoms with Gasteiger partial charge in [0.25, 0.3) is 5.56 Å². The van der Waals surface area contributed by atoms with Crippen LogP contribution in [0, 0.1) is 5.92 Å². The summed E-state index contributed by atoms with van der Waals surface area (Å²) in [5, 5.41) is 5.41.